The quantitative estimate of drug-likeness (QED) is 0.412. The smallest absolute Gasteiger partial charge is 0.188 e. The maximum atomic E-state index is 6.04. The fourth-order valence-corrected chi connectivity index (χ4v) is 4.37. The first-order valence-corrected chi connectivity index (χ1v) is 9.49. The summed E-state index contributed by atoms with van der Waals surface area (Å²) in [5.41, 5.74) is 6.04. The van der Waals surface area contributed by atoms with Crippen LogP contribution in [0.5, 0.6) is 0 Å². The van der Waals surface area contributed by atoms with E-state index in [1.54, 1.807) is 0 Å². The fourth-order valence-electron chi connectivity index (χ4n) is 3.62. The van der Waals surface area contributed by atoms with Gasteiger partial charge in [0.15, 0.2) is 5.96 Å². The molecule has 23 heavy (non-hydrogen) atoms. The molecule has 0 amide bonds. The van der Waals surface area contributed by atoms with E-state index in [0.29, 0.717) is 17.9 Å². The summed E-state index contributed by atoms with van der Waals surface area (Å²) >= 11 is 1.85. The van der Waals surface area contributed by atoms with Gasteiger partial charge in [0.1, 0.15) is 0 Å². The average Bonchev–Trinajstić information content (AvgIpc) is 3.19. The minimum atomic E-state index is 0. The standard InChI is InChI=1S/C17H28N4S.HI/c18-17(20-15-6-1-2-7-15)19-11-14-5-3-9-21(12-14)13-16-8-4-10-22-16;/h4,8,10,14-15H,1-3,5-7,9,11-13H2,(H3,18,19,20);1H. The molecule has 0 aromatic carbocycles. The topological polar surface area (TPSA) is 53.6 Å². The fraction of sp³-hybridized carbons (Fsp3) is 0.706. The number of hydrogen-bond acceptors (Lipinski definition) is 3. The molecule has 1 saturated heterocycles. The molecule has 3 rings (SSSR count). The third kappa shape index (κ3) is 6.23. The molecule has 1 aliphatic heterocycles. The van der Waals surface area contributed by atoms with Crippen LogP contribution >= 0.6 is 35.3 Å². The molecule has 1 aromatic heterocycles. The average molecular weight is 448 g/mol. The van der Waals surface area contributed by atoms with Crippen molar-refractivity contribution in [2.24, 2.45) is 16.6 Å². The number of nitrogens with one attached hydrogen (secondary N) is 1. The second-order valence-electron chi connectivity index (χ2n) is 6.67. The molecule has 130 valence electrons. The van der Waals surface area contributed by atoms with Gasteiger partial charge in [-0.3, -0.25) is 9.89 Å². The summed E-state index contributed by atoms with van der Waals surface area (Å²) in [5, 5.41) is 5.54. The second kappa shape index (κ2) is 9.84. The van der Waals surface area contributed by atoms with E-state index in [1.807, 2.05) is 11.3 Å². The molecule has 4 nitrogen and oxygen atoms in total. The Morgan fingerprint density at radius 2 is 2.13 bits per heavy atom. The third-order valence-corrected chi connectivity index (χ3v) is 5.65. The normalized spacial score (nSPS) is 23.7. The third-order valence-electron chi connectivity index (χ3n) is 4.79. The largest absolute Gasteiger partial charge is 0.370 e. The number of hydrogen-bond donors (Lipinski definition) is 2. The first kappa shape index (κ1) is 19.0. The highest BCUT2D eigenvalue weighted by molar-refractivity contribution is 14.0. The van der Waals surface area contributed by atoms with E-state index in [1.165, 1.54) is 49.9 Å². The van der Waals surface area contributed by atoms with Crippen LogP contribution < -0.4 is 11.1 Å². The highest BCUT2D eigenvalue weighted by Gasteiger charge is 2.20. The predicted molar refractivity (Wildman–Crippen MR) is 110 cm³/mol. The summed E-state index contributed by atoms with van der Waals surface area (Å²) < 4.78 is 0. The number of thiophene rings is 1. The Hall–Kier alpha value is -0.340. The number of guanidine groups is 1. The van der Waals surface area contributed by atoms with Crippen molar-refractivity contribution in [3.8, 4) is 0 Å². The monoisotopic (exact) mass is 448 g/mol. The van der Waals surface area contributed by atoms with Gasteiger partial charge in [0.05, 0.1) is 0 Å². The van der Waals surface area contributed by atoms with Crippen LogP contribution in [-0.4, -0.2) is 36.5 Å². The van der Waals surface area contributed by atoms with Crippen molar-refractivity contribution in [3.05, 3.63) is 22.4 Å². The molecule has 2 fully saturated rings. The van der Waals surface area contributed by atoms with Crippen LogP contribution in [0.3, 0.4) is 0 Å². The molecule has 2 aliphatic rings. The zero-order chi connectivity index (χ0) is 15.2. The molecule has 2 heterocycles. The Labute approximate surface area is 160 Å². The number of likely N-dealkylation sites (tertiary alicyclic amines) is 1. The number of halogens is 1. The Morgan fingerprint density at radius 1 is 1.30 bits per heavy atom. The van der Waals surface area contributed by atoms with Gasteiger partial charge in [0.25, 0.3) is 0 Å². The van der Waals surface area contributed by atoms with E-state index < -0.39 is 0 Å². The van der Waals surface area contributed by atoms with E-state index in [2.05, 4.69) is 32.7 Å². The first-order chi connectivity index (χ1) is 10.8. The summed E-state index contributed by atoms with van der Waals surface area (Å²) in [6.45, 7) is 4.33. The van der Waals surface area contributed by atoms with Crippen LogP contribution in [0.15, 0.2) is 22.5 Å². The van der Waals surface area contributed by atoms with Gasteiger partial charge in [0.2, 0.25) is 0 Å². The molecule has 3 N–H and O–H groups in total. The van der Waals surface area contributed by atoms with Crippen molar-refractivity contribution in [2.75, 3.05) is 19.6 Å². The highest BCUT2D eigenvalue weighted by atomic mass is 127. The minimum Gasteiger partial charge on any atom is -0.370 e. The van der Waals surface area contributed by atoms with Crippen LogP contribution in [-0.2, 0) is 6.54 Å². The van der Waals surface area contributed by atoms with Crippen molar-refractivity contribution in [2.45, 2.75) is 51.1 Å². The predicted octanol–water partition coefficient (Wildman–Crippen LogP) is 3.43. The van der Waals surface area contributed by atoms with Crippen LogP contribution in [0.25, 0.3) is 0 Å². The lowest BCUT2D eigenvalue weighted by molar-refractivity contribution is 0.172. The van der Waals surface area contributed by atoms with Gasteiger partial charge in [0, 0.05) is 30.6 Å². The van der Waals surface area contributed by atoms with Gasteiger partial charge in [-0.25, -0.2) is 0 Å². The lowest BCUT2D eigenvalue weighted by Crippen LogP contribution is -2.40. The zero-order valence-corrected chi connectivity index (χ0v) is 16.9. The summed E-state index contributed by atoms with van der Waals surface area (Å²) in [7, 11) is 0. The summed E-state index contributed by atoms with van der Waals surface area (Å²) in [6, 6.07) is 4.93. The van der Waals surface area contributed by atoms with Crippen molar-refractivity contribution >= 4 is 41.3 Å². The molecule has 0 radical (unpaired) electrons. The minimum absolute atomic E-state index is 0. The van der Waals surface area contributed by atoms with Crippen molar-refractivity contribution in [1.29, 1.82) is 0 Å². The maximum absolute atomic E-state index is 6.04. The first-order valence-electron chi connectivity index (χ1n) is 8.61. The van der Waals surface area contributed by atoms with Crippen LogP contribution in [0.2, 0.25) is 0 Å². The SMILES string of the molecule is I.NC(=NCC1CCCN(Cc2cccs2)C1)NC1CCCC1. The van der Waals surface area contributed by atoms with E-state index >= 15 is 0 Å². The van der Waals surface area contributed by atoms with Gasteiger partial charge in [-0.15, -0.1) is 35.3 Å². The Balaban J connectivity index is 0.00000192. The molecule has 0 bridgehead atoms. The Kier molecular flexibility index (Phi) is 8.12. The number of rotatable bonds is 5. The van der Waals surface area contributed by atoms with Crippen LogP contribution in [0.4, 0.5) is 0 Å². The molecule has 1 unspecified atom stereocenters. The molecular weight excluding hydrogens is 419 g/mol. The number of piperidine rings is 1. The molecular formula is C17H29IN4S. The lowest BCUT2D eigenvalue weighted by atomic mass is 9.98. The maximum Gasteiger partial charge on any atom is 0.188 e. The number of nitrogens with two attached hydrogens (primary N) is 1. The van der Waals surface area contributed by atoms with Gasteiger partial charge in [-0.2, -0.15) is 0 Å². The van der Waals surface area contributed by atoms with Gasteiger partial charge >= 0.3 is 0 Å². The molecule has 0 spiro atoms. The summed E-state index contributed by atoms with van der Waals surface area (Å²) in [5.74, 6) is 1.31. The lowest BCUT2D eigenvalue weighted by Gasteiger charge is -2.31. The highest BCUT2D eigenvalue weighted by Crippen LogP contribution is 2.21. The Bertz CT molecular complexity index is 471. The molecule has 1 aliphatic carbocycles. The van der Waals surface area contributed by atoms with Crippen molar-refractivity contribution in [3.63, 3.8) is 0 Å². The molecule has 1 aromatic rings. The number of aliphatic imine (C=N–C) groups is 1. The molecule has 6 heteroatoms. The van der Waals surface area contributed by atoms with Crippen molar-refractivity contribution < 1.29 is 0 Å². The van der Waals surface area contributed by atoms with Gasteiger partial charge in [-0.1, -0.05) is 18.9 Å². The van der Waals surface area contributed by atoms with E-state index in [0.717, 1.165) is 19.6 Å². The second-order valence-corrected chi connectivity index (χ2v) is 7.71. The molecule has 1 atom stereocenters. The van der Waals surface area contributed by atoms with Crippen LogP contribution in [0, 0.1) is 5.92 Å². The summed E-state index contributed by atoms with van der Waals surface area (Å²) in [6.07, 6.45) is 7.70. The van der Waals surface area contributed by atoms with E-state index in [9.17, 15) is 0 Å². The van der Waals surface area contributed by atoms with E-state index in [4.69, 9.17) is 5.73 Å². The zero-order valence-electron chi connectivity index (χ0n) is 13.7. The summed E-state index contributed by atoms with van der Waals surface area (Å²) in [4.78, 5) is 8.63. The van der Waals surface area contributed by atoms with Gasteiger partial charge < -0.3 is 11.1 Å². The Morgan fingerprint density at radius 3 is 2.87 bits per heavy atom. The molecule has 1 saturated carbocycles. The number of nitrogens with zero attached hydrogens (tertiary/aromatic N) is 2. The van der Waals surface area contributed by atoms with Crippen molar-refractivity contribution in [1.82, 2.24) is 10.2 Å². The van der Waals surface area contributed by atoms with Gasteiger partial charge in [-0.05, 0) is 49.6 Å². The van der Waals surface area contributed by atoms with E-state index in [-0.39, 0.29) is 24.0 Å². The van der Waals surface area contributed by atoms with Crippen LogP contribution in [0.1, 0.15) is 43.4 Å².